The van der Waals surface area contributed by atoms with Gasteiger partial charge in [-0.05, 0) is 63.5 Å². The van der Waals surface area contributed by atoms with Gasteiger partial charge in [-0.25, -0.2) is 10.5 Å². The predicted molar refractivity (Wildman–Crippen MR) is 234 cm³/mol. The van der Waals surface area contributed by atoms with Crippen LogP contribution in [0, 0.1) is 5.92 Å². The SMILES string of the molecule is CC(C)C/C(N)=C/N(N)CCCCCCCCCCn1nnc2c1-c1ccccc1CN(C(=O)CCC(=O)NCCCCCCOP(O)OC(C)C)c1ccccc1-2. The lowest BCUT2D eigenvalue weighted by Gasteiger charge is -2.28. The van der Waals surface area contributed by atoms with Crippen molar-refractivity contribution in [2.75, 3.05) is 24.6 Å². The summed E-state index contributed by atoms with van der Waals surface area (Å²) in [4.78, 5) is 38.1. The molecule has 1 aromatic heterocycles. The number of nitrogens with zero attached hydrogens (tertiary/aromatic N) is 5. The van der Waals surface area contributed by atoms with Gasteiger partial charge in [0.15, 0.2) is 0 Å². The van der Waals surface area contributed by atoms with Crippen LogP contribution in [0.15, 0.2) is 60.4 Å². The third-order valence-electron chi connectivity index (χ3n) is 10.1. The van der Waals surface area contributed by atoms with E-state index in [1.807, 2.05) is 61.1 Å². The van der Waals surface area contributed by atoms with Crippen LogP contribution < -0.4 is 21.8 Å². The molecule has 0 saturated heterocycles. The molecule has 1 atom stereocenters. The first-order valence-electron chi connectivity index (χ1n) is 21.5. The smallest absolute Gasteiger partial charge is 0.330 e. The molecule has 0 spiro atoms. The average Bonchev–Trinajstić information content (AvgIpc) is 3.59. The van der Waals surface area contributed by atoms with Crippen LogP contribution in [0.25, 0.3) is 22.5 Å². The number of nitrogens with one attached hydrogen (secondary N) is 1. The van der Waals surface area contributed by atoms with Gasteiger partial charge < -0.3 is 34.9 Å². The molecule has 2 heterocycles. The van der Waals surface area contributed by atoms with Gasteiger partial charge in [0.1, 0.15) is 5.69 Å². The number of unbranched alkanes of at least 4 members (excludes halogenated alkanes) is 10. The number of fused-ring (bicyclic) bond motifs is 5. The number of benzene rings is 2. The van der Waals surface area contributed by atoms with Crippen LogP contribution in [0.3, 0.4) is 0 Å². The monoisotopic (exact) mass is 821 g/mol. The first kappa shape index (κ1) is 46.8. The second-order valence-electron chi connectivity index (χ2n) is 16.0. The number of rotatable bonds is 27. The Morgan fingerprint density at radius 1 is 0.897 bits per heavy atom. The van der Waals surface area contributed by atoms with E-state index in [1.165, 1.54) is 25.7 Å². The Labute approximate surface area is 347 Å². The van der Waals surface area contributed by atoms with Gasteiger partial charge in [-0.2, -0.15) is 0 Å². The molecular weight excluding hydrogens is 752 g/mol. The van der Waals surface area contributed by atoms with Gasteiger partial charge in [-0.3, -0.25) is 9.59 Å². The zero-order valence-electron chi connectivity index (χ0n) is 35.4. The van der Waals surface area contributed by atoms with E-state index in [0.717, 1.165) is 110 Å². The maximum Gasteiger partial charge on any atom is 0.330 e. The number of hydrazine groups is 1. The summed E-state index contributed by atoms with van der Waals surface area (Å²) in [5, 5.41) is 14.1. The number of hydrogen-bond acceptors (Lipinski definition) is 10. The molecule has 4 rings (SSSR count). The molecule has 3 aromatic rings. The van der Waals surface area contributed by atoms with E-state index in [0.29, 0.717) is 25.6 Å². The number of amides is 2. The van der Waals surface area contributed by atoms with E-state index in [1.54, 1.807) is 9.91 Å². The molecule has 0 aliphatic carbocycles. The standard InChI is InChI=1S/C44H69N8O5P/c1-34(2)31-37(45)33-50(46)28-18-10-7-5-6-8-11-19-29-52-44-38-22-14-13-21-36(38)32-51(40-24-16-15-23-39(40)43(44)48-49-52)42(54)26-25-41(53)47-27-17-9-12-20-30-56-58(55)57-35(3)4/h13-16,21-24,33-35,55H,5-12,17-20,25-32,45-46H2,1-4H3,(H,47,53)/b37-33-. The normalized spacial score (nSPS) is 13.2. The van der Waals surface area contributed by atoms with E-state index in [4.69, 9.17) is 25.7 Å². The van der Waals surface area contributed by atoms with Gasteiger partial charge >= 0.3 is 8.60 Å². The van der Waals surface area contributed by atoms with Crippen LogP contribution in [0.4, 0.5) is 5.69 Å². The molecule has 0 radical (unpaired) electrons. The maximum atomic E-state index is 13.9. The zero-order chi connectivity index (χ0) is 41.7. The molecule has 1 aliphatic heterocycles. The van der Waals surface area contributed by atoms with Crippen molar-refractivity contribution in [3.05, 3.63) is 66.0 Å². The average molecular weight is 821 g/mol. The summed E-state index contributed by atoms with van der Waals surface area (Å²) in [6.45, 7) is 11.0. The number of hydrogen-bond donors (Lipinski definition) is 4. The maximum absolute atomic E-state index is 13.9. The van der Waals surface area contributed by atoms with E-state index in [2.05, 4.69) is 36.5 Å². The molecule has 0 saturated carbocycles. The van der Waals surface area contributed by atoms with Crippen molar-refractivity contribution in [2.45, 2.75) is 143 Å². The Kier molecular flexibility index (Phi) is 20.6. The lowest BCUT2D eigenvalue weighted by Crippen LogP contribution is -2.33. The van der Waals surface area contributed by atoms with E-state index >= 15 is 0 Å². The van der Waals surface area contributed by atoms with Crippen molar-refractivity contribution < 1.29 is 23.5 Å². The highest BCUT2D eigenvalue weighted by Gasteiger charge is 2.29. The summed E-state index contributed by atoms with van der Waals surface area (Å²) < 4.78 is 12.6. The molecule has 320 valence electrons. The molecule has 6 N–H and O–H groups in total. The minimum Gasteiger partial charge on any atom is -0.401 e. The van der Waals surface area contributed by atoms with Crippen molar-refractivity contribution in [3.63, 3.8) is 0 Å². The molecule has 0 fully saturated rings. The number of para-hydroxylation sites is 1. The number of anilines is 1. The Morgan fingerprint density at radius 2 is 1.55 bits per heavy atom. The predicted octanol–water partition coefficient (Wildman–Crippen LogP) is 8.72. The fourth-order valence-electron chi connectivity index (χ4n) is 7.22. The number of aryl methyl sites for hydroxylation is 1. The topological polar surface area (TPSA) is 174 Å². The number of aromatic nitrogens is 3. The largest absolute Gasteiger partial charge is 0.401 e. The molecular formula is C44H69N8O5P. The van der Waals surface area contributed by atoms with Gasteiger partial charge in [0.05, 0.1) is 30.6 Å². The second kappa shape index (κ2) is 25.6. The van der Waals surface area contributed by atoms with Gasteiger partial charge in [-0.1, -0.05) is 113 Å². The summed E-state index contributed by atoms with van der Waals surface area (Å²) in [5.74, 6) is 6.38. The minimum atomic E-state index is -1.82. The Bertz CT molecular complexity index is 1720. The van der Waals surface area contributed by atoms with Crippen molar-refractivity contribution in [1.29, 1.82) is 0 Å². The van der Waals surface area contributed by atoms with Gasteiger partial charge in [0, 0.05) is 55.5 Å². The lowest BCUT2D eigenvalue weighted by molar-refractivity contribution is -0.125. The Hall–Kier alpha value is -3.87. The molecule has 1 aliphatic rings. The highest BCUT2D eigenvalue weighted by molar-refractivity contribution is 7.40. The summed E-state index contributed by atoms with van der Waals surface area (Å²) >= 11 is 0. The lowest BCUT2D eigenvalue weighted by atomic mass is 9.95. The first-order chi connectivity index (χ1) is 28.0. The van der Waals surface area contributed by atoms with Crippen LogP contribution in [-0.2, 0) is 31.7 Å². The summed E-state index contributed by atoms with van der Waals surface area (Å²) in [6.07, 6.45) is 15.6. The molecule has 14 heteroatoms. The third kappa shape index (κ3) is 16.1. The minimum absolute atomic E-state index is 0.0743. The third-order valence-corrected chi connectivity index (χ3v) is 11.1. The highest BCUT2D eigenvalue weighted by atomic mass is 31.2. The van der Waals surface area contributed by atoms with Gasteiger partial charge in [-0.15, -0.1) is 5.10 Å². The van der Waals surface area contributed by atoms with Crippen molar-refractivity contribution in [3.8, 4) is 22.5 Å². The van der Waals surface area contributed by atoms with Gasteiger partial charge in [0.25, 0.3) is 0 Å². The highest BCUT2D eigenvalue weighted by Crippen LogP contribution is 2.41. The van der Waals surface area contributed by atoms with Crippen LogP contribution >= 0.6 is 8.60 Å². The summed E-state index contributed by atoms with van der Waals surface area (Å²) in [6, 6.07) is 16.1. The van der Waals surface area contributed by atoms with Crippen molar-refractivity contribution >= 4 is 26.1 Å². The summed E-state index contributed by atoms with van der Waals surface area (Å²) in [7, 11) is -1.82. The number of carbonyl (C=O) groups is 2. The molecule has 58 heavy (non-hydrogen) atoms. The fourth-order valence-corrected chi connectivity index (χ4v) is 7.92. The van der Waals surface area contributed by atoms with Crippen LogP contribution in [0.2, 0.25) is 0 Å². The first-order valence-corrected chi connectivity index (χ1v) is 22.6. The molecule has 1 unspecified atom stereocenters. The zero-order valence-corrected chi connectivity index (χ0v) is 36.3. The number of carbonyl (C=O) groups excluding carboxylic acids is 2. The quantitative estimate of drug-likeness (QED) is 0.0252. The van der Waals surface area contributed by atoms with Crippen molar-refractivity contribution in [2.24, 2.45) is 17.5 Å². The number of nitrogens with two attached hydrogens (primary N) is 2. The Morgan fingerprint density at radius 3 is 2.29 bits per heavy atom. The van der Waals surface area contributed by atoms with E-state index in [9.17, 15) is 14.5 Å². The van der Waals surface area contributed by atoms with E-state index in [-0.39, 0.29) is 30.8 Å². The molecule has 2 amide bonds. The molecule has 2 aromatic carbocycles. The van der Waals surface area contributed by atoms with Crippen molar-refractivity contribution in [1.82, 2.24) is 25.3 Å². The van der Waals surface area contributed by atoms with E-state index < -0.39 is 8.60 Å². The Balaban J connectivity index is 1.24. The summed E-state index contributed by atoms with van der Waals surface area (Å²) in [5.41, 5.74) is 12.3. The van der Waals surface area contributed by atoms with Crippen LogP contribution in [0.5, 0.6) is 0 Å². The molecule has 13 nitrogen and oxygen atoms in total. The fraction of sp³-hybridized carbons (Fsp3) is 0.591. The second-order valence-corrected chi connectivity index (χ2v) is 17.0. The number of allylic oxidation sites excluding steroid dienone is 1. The molecule has 0 bridgehead atoms. The van der Waals surface area contributed by atoms with Crippen LogP contribution in [-0.4, -0.2) is 62.5 Å². The van der Waals surface area contributed by atoms with Crippen LogP contribution in [0.1, 0.15) is 130 Å². The van der Waals surface area contributed by atoms with Gasteiger partial charge in [0.2, 0.25) is 11.8 Å².